The molecule has 2 aromatic rings. The minimum Gasteiger partial charge on any atom is -0.481 e. The second-order valence-corrected chi connectivity index (χ2v) is 5.98. The summed E-state index contributed by atoms with van der Waals surface area (Å²) >= 11 is 6.00. The first-order valence-corrected chi connectivity index (χ1v) is 8.00. The molecule has 1 aromatic carbocycles. The molecule has 1 unspecified atom stereocenters. The summed E-state index contributed by atoms with van der Waals surface area (Å²) in [5.74, 6) is -1.42. The average molecular weight is 351 g/mol. The number of carboxylic acids is 1. The molecule has 0 saturated heterocycles. The first-order valence-electron chi connectivity index (χ1n) is 7.62. The van der Waals surface area contributed by atoms with E-state index >= 15 is 0 Å². The third-order valence-electron chi connectivity index (χ3n) is 3.50. The Bertz CT molecular complexity index is 745. The number of carboxylic acid groups (broad SMARTS) is 1. The smallest absolute Gasteiger partial charge is 0.303 e. The number of hydrogen-bond donors (Lipinski definition) is 2. The lowest BCUT2D eigenvalue weighted by Gasteiger charge is -2.10. The van der Waals surface area contributed by atoms with Crippen molar-refractivity contribution in [2.45, 2.75) is 26.7 Å². The van der Waals surface area contributed by atoms with E-state index in [-0.39, 0.29) is 30.5 Å². The molecule has 0 fully saturated rings. The molecule has 24 heavy (non-hydrogen) atoms. The van der Waals surface area contributed by atoms with E-state index in [9.17, 15) is 9.59 Å². The minimum atomic E-state index is -0.891. The van der Waals surface area contributed by atoms with Gasteiger partial charge in [0.15, 0.2) is 5.69 Å². The van der Waals surface area contributed by atoms with Crippen LogP contribution in [0.15, 0.2) is 24.3 Å². The predicted octanol–water partition coefficient (Wildman–Crippen LogP) is 2.32. The number of aromatic nitrogens is 3. The maximum absolute atomic E-state index is 12.3. The molecular formula is C16H19ClN4O3. The van der Waals surface area contributed by atoms with Crippen LogP contribution in [0.4, 0.5) is 0 Å². The van der Waals surface area contributed by atoms with Crippen LogP contribution in [0, 0.1) is 5.92 Å². The van der Waals surface area contributed by atoms with Gasteiger partial charge in [-0.05, 0) is 30.5 Å². The number of halogens is 1. The zero-order chi connectivity index (χ0) is 17.7. The summed E-state index contributed by atoms with van der Waals surface area (Å²) in [4.78, 5) is 23.0. The van der Waals surface area contributed by atoms with Crippen molar-refractivity contribution in [1.29, 1.82) is 0 Å². The molecule has 2 rings (SSSR count). The summed E-state index contributed by atoms with van der Waals surface area (Å²) in [7, 11) is 0. The highest BCUT2D eigenvalue weighted by molar-refractivity contribution is 6.30. The standard InChI is InChI=1S/C16H19ClN4O3/c1-3-13-15(16(24)18-9-10(2)7-14(22)23)19-20-21(13)12-6-4-5-11(17)8-12/h4-6,8,10H,3,7,9H2,1-2H3,(H,18,24)(H,22,23). The van der Waals surface area contributed by atoms with Crippen LogP contribution in [0.5, 0.6) is 0 Å². The Hall–Kier alpha value is -2.41. The topological polar surface area (TPSA) is 97.1 Å². The van der Waals surface area contributed by atoms with E-state index in [2.05, 4.69) is 15.6 Å². The molecule has 1 atom stereocenters. The van der Waals surface area contributed by atoms with Crippen LogP contribution in [-0.4, -0.2) is 38.5 Å². The van der Waals surface area contributed by atoms with Gasteiger partial charge in [0.1, 0.15) is 0 Å². The van der Waals surface area contributed by atoms with Gasteiger partial charge in [0.05, 0.1) is 11.4 Å². The lowest BCUT2D eigenvalue weighted by molar-refractivity contribution is -0.137. The molecule has 8 heteroatoms. The van der Waals surface area contributed by atoms with E-state index < -0.39 is 5.97 Å². The molecule has 0 aliphatic heterocycles. The minimum absolute atomic E-state index is 0.00385. The zero-order valence-corrected chi connectivity index (χ0v) is 14.2. The van der Waals surface area contributed by atoms with Gasteiger partial charge in [-0.1, -0.05) is 36.7 Å². The number of hydrogen-bond acceptors (Lipinski definition) is 4. The Balaban J connectivity index is 2.16. The van der Waals surface area contributed by atoms with Crippen molar-refractivity contribution in [3.8, 4) is 5.69 Å². The van der Waals surface area contributed by atoms with Crippen LogP contribution in [0.1, 0.15) is 36.5 Å². The molecule has 0 aliphatic carbocycles. The number of amides is 1. The fraction of sp³-hybridized carbons (Fsp3) is 0.375. The lowest BCUT2D eigenvalue weighted by atomic mass is 10.1. The maximum atomic E-state index is 12.3. The molecule has 0 saturated carbocycles. The molecule has 0 spiro atoms. The van der Waals surface area contributed by atoms with Gasteiger partial charge in [-0.2, -0.15) is 0 Å². The highest BCUT2D eigenvalue weighted by Crippen LogP contribution is 2.17. The van der Waals surface area contributed by atoms with Gasteiger partial charge in [0, 0.05) is 18.0 Å². The summed E-state index contributed by atoms with van der Waals surface area (Å²) in [5.41, 5.74) is 1.63. The van der Waals surface area contributed by atoms with Gasteiger partial charge < -0.3 is 10.4 Å². The Kier molecular flexibility index (Phi) is 5.92. The van der Waals surface area contributed by atoms with Gasteiger partial charge in [-0.3, -0.25) is 9.59 Å². The predicted molar refractivity (Wildman–Crippen MR) is 89.5 cm³/mol. The third kappa shape index (κ3) is 4.32. The van der Waals surface area contributed by atoms with Gasteiger partial charge in [-0.25, -0.2) is 4.68 Å². The molecule has 1 aromatic heterocycles. The number of carbonyl (C=O) groups excluding carboxylic acids is 1. The van der Waals surface area contributed by atoms with Crippen LogP contribution >= 0.6 is 11.6 Å². The van der Waals surface area contributed by atoms with Crippen molar-refractivity contribution in [2.24, 2.45) is 5.92 Å². The number of nitrogens with one attached hydrogen (secondary N) is 1. The molecule has 1 amide bonds. The van der Waals surface area contributed by atoms with E-state index in [1.165, 1.54) is 0 Å². The SMILES string of the molecule is CCc1c(C(=O)NCC(C)CC(=O)O)nnn1-c1cccc(Cl)c1. The third-order valence-corrected chi connectivity index (χ3v) is 3.74. The number of nitrogens with zero attached hydrogens (tertiary/aromatic N) is 3. The van der Waals surface area contributed by atoms with Crippen molar-refractivity contribution in [3.63, 3.8) is 0 Å². The number of carbonyl (C=O) groups is 2. The van der Waals surface area contributed by atoms with E-state index in [0.717, 1.165) is 5.69 Å². The molecule has 0 bridgehead atoms. The van der Waals surface area contributed by atoms with Crippen LogP contribution in [0.3, 0.4) is 0 Å². The van der Waals surface area contributed by atoms with E-state index in [1.54, 1.807) is 29.8 Å². The van der Waals surface area contributed by atoms with Crippen LogP contribution < -0.4 is 5.32 Å². The van der Waals surface area contributed by atoms with Crippen molar-refractivity contribution >= 4 is 23.5 Å². The molecule has 0 radical (unpaired) electrons. The Morgan fingerprint density at radius 2 is 2.17 bits per heavy atom. The summed E-state index contributed by atoms with van der Waals surface area (Å²) in [6, 6.07) is 7.12. The Morgan fingerprint density at radius 3 is 2.79 bits per heavy atom. The normalized spacial score (nSPS) is 12.0. The Labute approximate surface area is 144 Å². The summed E-state index contributed by atoms with van der Waals surface area (Å²) in [6.45, 7) is 3.93. The van der Waals surface area contributed by atoms with E-state index in [0.29, 0.717) is 17.1 Å². The van der Waals surface area contributed by atoms with Crippen molar-refractivity contribution < 1.29 is 14.7 Å². The second-order valence-electron chi connectivity index (χ2n) is 5.54. The summed E-state index contributed by atoms with van der Waals surface area (Å²) in [5, 5.41) is 20.1. The van der Waals surface area contributed by atoms with Gasteiger partial charge in [0.2, 0.25) is 0 Å². The second kappa shape index (κ2) is 7.92. The number of rotatable bonds is 7. The van der Waals surface area contributed by atoms with Crippen molar-refractivity contribution in [3.05, 3.63) is 40.7 Å². The van der Waals surface area contributed by atoms with Crippen molar-refractivity contribution in [1.82, 2.24) is 20.3 Å². The summed E-state index contributed by atoms with van der Waals surface area (Å²) in [6.07, 6.45) is 0.559. The molecule has 0 aliphatic rings. The highest BCUT2D eigenvalue weighted by Gasteiger charge is 2.20. The molecular weight excluding hydrogens is 332 g/mol. The number of benzene rings is 1. The monoisotopic (exact) mass is 350 g/mol. The first kappa shape index (κ1) is 17.9. The maximum Gasteiger partial charge on any atom is 0.303 e. The van der Waals surface area contributed by atoms with Gasteiger partial charge in [0.25, 0.3) is 5.91 Å². The Morgan fingerprint density at radius 1 is 1.42 bits per heavy atom. The fourth-order valence-corrected chi connectivity index (χ4v) is 2.52. The van der Waals surface area contributed by atoms with Gasteiger partial charge in [-0.15, -0.1) is 5.10 Å². The van der Waals surface area contributed by atoms with Crippen LogP contribution in [0.25, 0.3) is 5.69 Å². The van der Waals surface area contributed by atoms with Crippen molar-refractivity contribution in [2.75, 3.05) is 6.54 Å². The first-order chi connectivity index (χ1) is 11.4. The van der Waals surface area contributed by atoms with E-state index in [1.807, 2.05) is 13.0 Å². The van der Waals surface area contributed by atoms with Crippen LogP contribution in [0.2, 0.25) is 5.02 Å². The molecule has 7 nitrogen and oxygen atoms in total. The highest BCUT2D eigenvalue weighted by atomic mass is 35.5. The largest absolute Gasteiger partial charge is 0.481 e. The molecule has 128 valence electrons. The van der Waals surface area contributed by atoms with Crippen LogP contribution in [-0.2, 0) is 11.2 Å². The number of aliphatic carboxylic acids is 1. The lowest BCUT2D eigenvalue weighted by Crippen LogP contribution is -2.30. The fourth-order valence-electron chi connectivity index (χ4n) is 2.33. The van der Waals surface area contributed by atoms with E-state index in [4.69, 9.17) is 16.7 Å². The van der Waals surface area contributed by atoms with Gasteiger partial charge >= 0.3 is 5.97 Å². The quantitative estimate of drug-likeness (QED) is 0.798. The molecule has 2 N–H and O–H groups in total. The average Bonchev–Trinajstić information content (AvgIpc) is 2.96. The molecule has 1 heterocycles. The zero-order valence-electron chi connectivity index (χ0n) is 13.5. The summed E-state index contributed by atoms with van der Waals surface area (Å²) < 4.78 is 1.58.